The molecule has 8 rings (SSSR count). The highest BCUT2D eigenvalue weighted by atomic mass is 32.1. The van der Waals surface area contributed by atoms with E-state index in [0.29, 0.717) is 25.9 Å². The van der Waals surface area contributed by atoms with E-state index in [1.807, 2.05) is 52.5 Å². The molecule has 3 atom stereocenters. The Balaban J connectivity index is 0.895. The zero-order valence-corrected chi connectivity index (χ0v) is 36.9. The molecule has 316 valence electrons. The number of likely N-dealkylation sites (tertiary alicyclic amines) is 2. The maximum Gasteiger partial charge on any atom is 0.250 e. The third-order valence-corrected chi connectivity index (χ3v) is 14.7. The van der Waals surface area contributed by atoms with Crippen LogP contribution in [0.15, 0.2) is 115 Å². The molecule has 1 aliphatic carbocycles. The first-order valence-electron chi connectivity index (χ1n) is 22.0. The van der Waals surface area contributed by atoms with Crippen molar-refractivity contribution >= 4 is 40.4 Å². The van der Waals surface area contributed by atoms with Gasteiger partial charge < -0.3 is 20.0 Å². The molecule has 2 fully saturated rings. The van der Waals surface area contributed by atoms with Crippen LogP contribution < -0.4 is 5.32 Å². The highest BCUT2D eigenvalue weighted by molar-refractivity contribution is 7.15. The number of carbonyl (C=O) groups is 3. The highest BCUT2D eigenvalue weighted by Gasteiger charge is 2.38. The van der Waals surface area contributed by atoms with Crippen LogP contribution in [0, 0.1) is 0 Å². The van der Waals surface area contributed by atoms with E-state index in [2.05, 4.69) is 90.8 Å². The van der Waals surface area contributed by atoms with Gasteiger partial charge in [0.1, 0.15) is 16.1 Å². The molecule has 2 aliphatic heterocycles. The fraction of sp³-hybridized carbons (Fsp3) is 0.380. The van der Waals surface area contributed by atoms with Gasteiger partial charge in [-0.05, 0) is 91.4 Å². The van der Waals surface area contributed by atoms with Crippen LogP contribution in [-0.2, 0) is 20.8 Å². The summed E-state index contributed by atoms with van der Waals surface area (Å²) in [5, 5.41) is 5.09. The lowest BCUT2D eigenvalue weighted by atomic mass is 9.96. The quantitative estimate of drug-likeness (QED) is 0.106. The summed E-state index contributed by atoms with van der Waals surface area (Å²) in [4.78, 5) is 58.8. The number of hydrogen-bond acceptors (Lipinski definition) is 8. The summed E-state index contributed by atoms with van der Waals surface area (Å²) in [7, 11) is 0. The van der Waals surface area contributed by atoms with E-state index >= 15 is 0 Å². The molecule has 5 aromatic rings. The SMILES string of the molecule is CCN(CC)CCC(=O)N[C@@H](C(=O)N1CCC[C@H]1c1ncc(-c2ccc(-c3ccc(-c4cnc([C@@H]5CCCN5C(=O)CCc5ccccc5)s4)cc3)cc2)s1)C1=CC=CCC1. The molecule has 0 spiro atoms. The van der Waals surface area contributed by atoms with Gasteiger partial charge in [0, 0.05) is 44.9 Å². The Morgan fingerprint density at radius 2 is 1.33 bits per heavy atom. The molecule has 2 saturated heterocycles. The molecule has 3 aliphatic rings. The number of aryl methyl sites for hydroxylation is 1. The number of allylic oxidation sites excluding steroid dienone is 3. The van der Waals surface area contributed by atoms with Crippen LogP contribution in [-0.4, -0.2) is 81.2 Å². The van der Waals surface area contributed by atoms with Gasteiger partial charge in [-0.3, -0.25) is 14.4 Å². The van der Waals surface area contributed by atoms with Crippen molar-refractivity contribution in [3.63, 3.8) is 0 Å². The van der Waals surface area contributed by atoms with Crippen molar-refractivity contribution < 1.29 is 14.4 Å². The van der Waals surface area contributed by atoms with Crippen LogP contribution in [0.1, 0.15) is 92.9 Å². The standard InChI is InChI=1S/C50H56N6O3S2/c1-3-54(4-2)32-29-45(57)53-47(40-15-9-6-10-16-40)50(59)56-31-12-18-42(56)49-52-34-44(61-49)39-26-22-37(23-27-39)36-20-24-38(25-21-36)43-33-51-48(60-43)41-17-11-30-55(41)46(58)28-19-35-13-7-5-8-14-35/h5-9,13-15,20-27,33-34,41-42,47H,3-4,10-12,16-19,28-32H2,1-2H3,(H,53,57)/t41-,42-,47+/m0/s1. The number of carbonyl (C=O) groups excluding carboxylic acids is 3. The number of hydrogen-bond donors (Lipinski definition) is 1. The van der Waals surface area contributed by atoms with Gasteiger partial charge in [0.2, 0.25) is 17.7 Å². The maximum absolute atomic E-state index is 14.3. The minimum Gasteiger partial charge on any atom is -0.341 e. The summed E-state index contributed by atoms with van der Waals surface area (Å²) in [6.45, 7) is 8.11. The van der Waals surface area contributed by atoms with Crippen molar-refractivity contribution in [3.8, 4) is 32.0 Å². The van der Waals surface area contributed by atoms with Crippen LogP contribution in [0.3, 0.4) is 0 Å². The zero-order valence-electron chi connectivity index (χ0n) is 35.3. The average Bonchev–Trinajstić information content (AvgIpc) is 4.16. The fourth-order valence-corrected chi connectivity index (χ4v) is 11.0. The Morgan fingerprint density at radius 1 is 0.754 bits per heavy atom. The van der Waals surface area contributed by atoms with Gasteiger partial charge in [-0.25, -0.2) is 9.97 Å². The Labute approximate surface area is 368 Å². The molecule has 3 amide bonds. The lowest BCUT2D eigenvalue weighted by molar-refractivity contribution is -0.136. The number of amides is 3. The van der Waals surface area contributed by atoms with Gasteiger partial charge in [0.05, 0.1) is 21.8 Å². The van der Waals surface area contributed by atoms with Crippen molar-refractivity contribution in [1.82, 2.24) is 30.0 Å². The first-order valence-corrected chi connectivity index (χ1v) is 23.7. The van der Waals surface area contributed by atoms with E-state index in [1.54, 1.807) is 22.7 Å². The van der Waals surface area contributed by atoms with Gasteiger partial charge in [-0.2, -0.15) is 0 Å². The van der Waals surface area contributed by atoms with Gasteiger partial charge in [-0.1, -0.05) is 111 Å². The molecule has 0 bridgehead atoms. The minimum atomic E-state index is -0.661. The predicted octanol–water partition coefficient (Wildman–Crippen LogP) is 10.1. The second kappa shape index (κ2) is 20.1. The zero-order chi connectivity index (χ0) is 42.1. The highest BCUT2D eigenvalue weighted by Crippen LogP contribution is 2.40. The fourth-order valence-electron chi connectivity index (χ4n) is 8.83. The van der Waals surface area contributed by atoms with Crippen LogP contribution in [0.25, 0.3) is 32.0 Å². The third-order valence-electron chi connectivity index (χ3n) is 12.4. The van der Waals surface area contributed by atoms with Crippen LogP contribution >= 0.6 is 22.7 Å². The number of aromatic nitrogens is 2. The molecule has 3 aromatic carbocycles. The first-order chi connectivity index (χ1) is 29.9. The number of rotatable bonds is 16. The minimum absolute atomic E-state index is 0.0368. The summed E-state index contributed by atoms with van der Waals surface area (Å²) in [6, 6.07) is 26.8. The summed E-state index contributed by atoms with van der Waals surface area (Å²) < 4.78 is 0. The van der Waals surface area contributed by atoms with Crippen molar-refractivity contribution in [1.29, 1.82) is 0 Å². The maximum atomic E-state index is 14.3. The molecular formula is C50H56N6O3S2. The number of nitrogens with zero attached hydrogens (tertiary/aromatic N) is 5. The molecule has 2 aromatic heterocycles. The van der Waals surface area contributed by atoms with Crippen molar-refractivity contribution in [2.75, 3.05) is 32.7 Å². The van der Waals surface area contributed by atoms with E-state index in [4.69, 9.17) is 9.97 Å². The molecule has 61 heavy (non-hydrogen) atoms. The monoisotopic (exact) mass is 852 g/mol. The van der Waals surface area contributed by atoms with Crippen molar-refractivity contribution in [2.45, 2.75) is 89.8 Å². The predicted molar refractivity (Wildman–Crippen MR) is 247 cm³/mol. The molecule has 1 N–H and O–H groups in total. The lowest BCUT2D eigenvalue weighted by Crippen LogP contribution is -2.50. The lowest BCUT2D eigenvalue weighted by Gasteiger charge is -2.30. The average molecular weight is 853 g/mol. The van der Waals surface area contributed by atoms with Crippen molar-refractivity contribution in [2.24, 2.45) is 0 Å². The van der Waals surface area contributed by atoms with E-state index in [0.717, 1.165) is 112 Å². The largest absolute Gasteiger partial charge is 0.341 e. The Kier molecular flexibility index (Phi) is 14.0. The Bertz CT molecular complexity index is 2330. The van der Waals surface area contributed by atoms with E-state index < -0.39 is 6.04 Å². The summed E-state index contributed by atoms with van der Waals surface area (Å²) in [6.07, 6.45) is 17.0. The Morgan fingerprint density at radius 3 is 1.90 bits per heavy atom. The van der Waals surface area contributed by atoms with Gasteiger partial charge in [0.15, 0.2) is 0 Å². The first kappa shape index (κ1) is 42.5. The second-order valence-electron chi connectivity index (χ2n) is 16.2. The molecule has 11 heteroatoms. The smallest absolute Gasteiger partial charge is 0.250 e. The second-order valence-corrected chi connectivity index (χ2v) is 18.3. The summed E-state index contributed by atoms with van der Waals surface area (Å²) in [5.41, 5.74) is 6.64. The molecule has 4 heterocycles. The topological polar surface area (TPSA) is 98.7 Å². The van der Waals surface area contributed by atoms with Gasteiger partial charge in [0.25, 0.3) is 0 Å². The third kappa shape index (κ3) is 10.1. The van der Waals surface area contributed by atoms with E-state index in [-0.39, 0.29) is 29.8 Å². The summed E-state index contributed by atoms with van der Waals surface area (Å²) >= 11 is 3.34. The molecule has 9 nitrogen and oxygen atoms in total. The van der Waals surface area contributed by atoms with Crippen LogP contribution in [0.2, 0.25) is 0 Å². The van der Waals surface area contributed by atoms with E-state index in [9.17, 15) is 14.4 Å². The van der Waals surface area contributed by atoms with Crippen LogP contribution in [0.4, 0.5) is 0 Å². The van der Waals surface area contributed by atoms with E-state index in [1.165, 1.54) is 5.56 Å². The van der Waals surface area contributed by atoms with Gasteiger partial charge in [-0.15, -0.1) is 22.7 Å². The normalized spacial score (nSPS) is 18.1. The van der Waals surface area contributed by atoms with Gasteiger partial charge >= 0.3 is 0 Å². The molecule has 0 radical (unpaired) electrons. The van der Waals surface area contributed by atoms with Crippen molar-refractivity contribution in [3.05, 3.63) is 131 Å². The van der Waals surface area contributed by atoms with Crippen LogP contribution in [0.5, 0.6) is 0 Å². The number of benzene rings is 3. The summed E-state index contributed by atoms with van der Waals surface area (Å²) in [5.74, 6) is 0.0867. The Hall–Kier alpha value is -5.23. The molecular weight excluding hydrogens is 797 g/mol. The molecule has 0 saturated carbocycles. The number of thiazole rings is 2. The number of nitrogens with one attached hydrogen (secondary N) is 1. The molecule has 0 unspecified atom stereocenters.